The number of benzene rings is 11. The van der Waals surface area contributed by atoms with Crippen LogP contribution in [0.1, 0.15) is 112 Å². The van der Waals surface area contributed by atoms with Crippen LogP contribution in [0.5, 0.6) is 0 Å². The van der Waals surface area contributed by atoms with Gasteiger partial charge in [-0.2, -0.15) is 0 Å². The van der Waals surface area contributed by atoms with Gasteiger partial charge in [-0.3, -0.25) is 0 Å². The second-order valence-corrected chi connectivity index (χ2v) is 35.4. The minimum atomic E-state index is -1.80. The van der Waals surface area contributed by atoms with Crippen LogP contribution in [-0.4, -0.2) is 8.07 Å². The highest BCUT2D eigenvalue weighted by Gasteiger charge is 2.50. The zero-order chi connectivity index (χ0) is 62.8. The summed E-state index contributed by atoms with van der Waals surface area (Å²) < 4.78 is 15.0. The van der Waals surface area contributed by atoms with Gasteiger partial charge in [0, 0.05) is 54.1 Å². The average Bonchev–Trinajstić information content (AvgIpc) is 1.49. The van der Waals surface area contributed by atoms with Gasteiger partial charge in [0.2, 0.25) is 0 Å². The van der Waals surface area contributed by atoms with Gasteiger partial charge in [-0.25, -0.2) is 0 Å². The maximum atomic E-state index is 7.52. The molecule has 0 saturated heterocycles. The molecule has 1 aliphatic carbocycles. The van der Waals surface area contributed by atoms with Gasteiger partial charge in [-0.15, -0.1) is 0 Å². The van der Waals surface area contributed by atoms with Crippen LogP contribution in [0.4, 0.5) is 34.1 Å². The van der Waals surface area contributed by atoms with Gasteiger partial charge in [-0.1, -0.05) is 232 Å². The van der Waals surface area contributed by atoms with E-state index in [1.807, 2.05) is 11.8 Å². The lowest BCUT2D eigenvalue weighted by atomic mass is 9.67. The molecule has 2 aromatic heterocycles. The molecule has 13 aromatic rings. The molecule has 0 spiro atoms. The Kier molecular flexibility index (Phi) is 14.2. The van der Waals surface area contributed by atoms with Crippen molar-refractivity contribution in [1.29, 1.82) is 0 Å². The number of hydrogen-bond donors (Lipinski definition) is 0. The van der Waals surface area contributed by atoms with Crippen LogP contribution in [0.3, 0.4) is 0 Å². The van der Waals surface area contributed by atoms with E-state index < -0.39 is 13.5 Å². The van der Waals surface area contributed by atoms with Crippen LogP contribution in [0.2, 0.25) is 19.6 Å². The molecular weight excluding hydrogens is 1130 g/mol. The third-order valence-corrected chi connectivity index (χ3v) is 21.8. The first-order chi connectivity index (χ1) is 42.9. The Balaban J connectivity index is 1.17. The second-order valence-electron chi connectivity index (χ2n) is 29.2. The molecule has 1 aliphatic rings. The number of furan rings is 2. The van der Waals surface area contributed by atoms with E-state index in [1.165, 1.54) is 65.0 Å². The Hall–Kier alpha value is -8.81. The third-order valence-electron chi connectivity index (χ3n) is 18.7. The Morgan fingerprint density at radius 3 is 1.12 bits per heavy atom. The zero-order valence-electron chi connectivity index (χ0n) is 54.6. The minimum absolute atomic E-state index is 0.0418. The molecule has 0 N–H and O–H groups in total. The number of hydrogen-bond acceptors (Lipinski definition) is 5. The highest BCUT2D eigenvalue weighted by atomic mass is 32.2. The fourth-order valence-corrected chi connectivity index (χ4v) is 15.9. The predicted molar refractivity (Wildman–Crippen MR) is 387 cm³/mol. The van der Waals surface area contributed by atoms with Crippen molar-refractivity contribution in [2.75, 3.05) is 9.80 Å². The molecule has 0 radical (unpaired) electrons. The molecule has 0 amide bonds. The predicted octanol–water partition coefficient (Wildman–Crippen LogP) is 24.0. The Morgan fingerprint density at radius 2 is 0.744 bits per heavy atom. The number of anilines is 6. The summed E-state index contributed by atoms with van der Waals surface area (Å²) in [4.78, 5) is 7.28. The van der Waals surface area contributed by atoms with Gasteiger partial charge in [-0.05, 0) is 188 Å². The van der Waals surface area contributed by atoms with Crippen LogP contribution < -0.4 is 15.0 Å². The first-order valence-corrected chi connectivity index (χ1v) is 36.2. The zero-order valence-corrected chi connectivity index (χ0v) is 56.4. The Morgan fingerprint density at radius 1 is 0.378 bits per heavy atom. The molecule has 6 heteroatoms. The average molecular weight is 1210 g/mol. The van der Waals surface area contributed by atoms with Crippen molar-refractivity contribution in [3.63, 3.8) is 0 Å². The molecule has 0 saturated carbocycles. The lowest BCUT2D eigenvalue weighted by Gasteiger charge is -2.36. The van der Waals surface area contributed by atoms with Crippen molar-refractivity contribution in [2.24, 2.45) is 0 Å². The van der Waals surface area contributed by atoms with Crippen molar-refractivity contribution >= 4 is 103 Å². The highest BCUT2D eigenvalue weighted by Crippen LogP contribution is 2.65. The molecule has 0 atom stereocenters. The van der Waals surface area contributed by atoms with Crippen LogP contribution in [0.25, 0.3) is 55.0 Å². The SMILES string of the molecule is Cc1cccc(N(c2ccc(C(C)(C)C)cc2)c2cc3c(c4c2oc2ccccc24)-c2c(cc(N(c4ccc(C(C)(C)C)cc4)c4cccc(C)c4)c4oc5ccccc5c24)C3(c2ccc(Sc3ccc(C(C)(C)C)cc3)cc2)c2ccc([Si](C)(C)C)cc2)c1. The van der Waals surface area contributed by atoms with Crippen molar-refractivity contribution in [3.8, 4) is 11.1 Å². The van der Waals surface area contributed by atoms with Crippen molar-refractivity contribution in [1.82, 2.24) is 0 Å². The number of para-hydroxylation sites is 2. The maximum absolute atomic E-state index is 7.52. The highest BCUT2D eigenvalue weighted by molar-refractivity contribution is 7.99. The van der Waals surface area contributed by atoms with E-state index in [2.05, 4.69) is 336 Å². The van der Waals surface area contributed by atoms with E-state index in [0.29, 0.717) is 0 Å². The summed E-state index contributed by atoms with van der Waals surface area (Å²) in [6, 6.07) is 87.2. The Labute approximate surface area is 537 Å². The van der Waals surface area contributed by atoms with E-state index in [0.717, 1.165) is 89.1 Å². The summed E-state index contributed by atoms with van der Waals surface area (Å²) in [5.74, 6) is 0. The molecule has 90 heavy (non-hydrogen) atoms. The molecule has 448 valence electrons. The van der Waals surface area contributed by atoms with Crippen molar-refractivity contribution in [2.45, 2.75) is 127 Å². The fourth-order valence-electron chi connectivity index (χ4n) is 13.9. The van der Waals surface area contributed by atoms with Gasteiger partial charge < -0.3 is 18.6 Å². The van der Waals surface area contributed by atoms with Crippen LogP contribution in [0, 0.1) is 13.8 Å². The van der Waals surface area contributed by atoms with Gasteiger partial charge in [0.05, 0.1) is 24.9 Å². The van der Waals surface area contributed by atoms with Gasteiger partial charge in [0.25, 0.3) is 0 Å². The lowest BCUT2D eigenvalue weighted by Crippen LogP contribution is -2.38. The smallest absolute Gasteiger partial charge is 0.160 e. The van der Waals surface area contributed by atoms with Crippen molar-refractivity contribution in [3.05, 3.63) is 281 Å². The maximum Gasteiger partial charge on any atom is 0.160 e. The first-order valence-electron chi connectivity index (χ1n) is 31.9. The molecule has 0 fully saturated rings. The van der Waals surface area contributed by atoms with E-state index >= 15 is 0 Å². The first kappa shape index (κ1) is 58.8. The molecule has 0 unspecified atom stereocenters. The molecule has 14 rings (SSSR count). The normalized spacial score (nSPS) is 13.4. The molecule has 0 bridgehead atoms. The summed E-state index contributed by atoms with van der Waals surface area (Å²) in [5.41, 5.74) is 21.7. The van der Waals surface area contributed by atoms with Gasteiger partial charge in [0.1, 0.15) is 11.2 Å². The number of nitrogens with zero attached hydrogens (tertiary/aromatic N) is 2. The van der Waals surface area contributed by atoms with Gasteiger partial charge >= 0.3 is 0 Å². The van der Waals surface area contributed by atoms with Gasteiger partial charge in [0.15, 0.2) is 11.2 Å². The van der Waals surface area contributed by atoms with Crippen LogP contribution in [-0.2, 0) is 21.7 Å². The van der Waals surface area contributed by atoms with Crippen LogP contribution >= 0.6 is 11.8 Å². The second kappa shape index (κ2) is 21.7. The fraction of sp³-hybridized carbons (Fsp3) is 0.214. The summed E-state index contributed by atoms with van der Waals surface area (Å²) in [6.07, 6.45) is 0. The van der Waals surface area contributed by atoms with Crippen molar-refractivity contribution < 1.29 is 8.83 Å². The standard InChI is InChI=1S/C84H80N2O2SSi/c1-53-21-19-23-62(49-53)85(60-39-29-55(30-40-60)81(3,4)5)71-51-69-77(75-67-25-15-17-27-73(67)87-79(71)75)78-70(84(69,59-37-47-66(48-38-59)90(12,13)14)58-35-45-65(46-36-58)89-64-43-33-57(34-44-64)83(9,10)11)52-72(80-76(78)68-26-16-18-28-74(68)88-80)86(63-24-20-22-54(2)50-63)61-41-31-56(32-42-61)82(6,7)8/h15-52H,1-14H3. The summed E-state index contributed by atoms with van der Waals surface area (Å²) in [7, 11) is -1.80. The van der Waals surface area contributed by atoms with E-state index in [-0.39, 0.29) is 16.2 Å². The number of aryl methyl sites for hydroxylation is 2. The summed E-state index contributed by atoms with van der Waals surface area (Å²) in [6.45, 7) is 32.3. The largest absolute Gasteiger partial charge is 0.454 e. The van der Waals surface area contributed by atoms with E-state index in [1.54, 1.807) is 0 Å². The molecule has 11 aromatic carbocycles. The Bertz CT molecular complexity index is 4660. The summed E-state index contributed by atoms with van der Waals surface area (Å²) >= 11 is 1.81. The summed E-state index contributed by atoms with van der Waals surface area (Å²) in [5, 5.41) is 5.67. The molecular formula is C84H80N2O2SSi. The number of fused-ring (bicyclic) bond motifs is 11. The van der Waals surface area contributed by atoms with E-state index in [9.17, 15) is 0 Å². The minimum Gasteiger partial charge on any atom is -0.454 e. The molecule has 2 heterocycles. The topological polar surface area (TPSA) is 32.8 Å². The molecule has 4 nitrogen and oxygen atoms in total. The quantitative estimate of drug-likeness (QED) is 0.121. The van der Waals surface area contributed by atoms with E-state index in [4.69, 9.17) is 8.83 Å². The number of rotatable bonds is 11. The third kappa shape index (κ3) is 10.1. The lowest BCUT2D eigenvalue weighted by molar-refractivity contribution is 0.589. The monoisotopic (exact) mass is 1210 g/mol. The molecule has 0 aliphatic heterocycles. The van der Waals surface area contributed by atoms with Crippen LogP contribution in [0.15, 0.2) is 249 Å².